The van der Waals surface area contributed by atoms with Gasteiger partial charge < -0.3 is 14.4 Å². The molecule has 0 N–H and O–H groups in total. The summed E-state index contributed by atoms with van der Waals surface area (Å²) >= 11 is 0. The fourth-order valence-corrected chi connectivity index (χ4v) is 1.02. The molecule has 15 heavy (non-hydrogen) atoms. The van der Waals surface area contributed by atoms with Crippen molar-refractivity contribution < 1.29 is 14.3 Å². The molecule has 0 aliphatic heterocycles. The van der Waals surface area contributed by atoms with Crippen molar-refractivity contribution in [1.29, 1.82) is 0 Å². The van der Waals surface area contributed by atoms with Gasteiger partial charge in [-0.2, -0.15) is 0 Å². The molecule has 0 aromatic heterocycles. The third-order valence-electron chi connectivity index (χ3n) is 1.99. The number of ether oxygens (including phenoxy) is 1. The van der Waals surface area contributed by atoms with Gasteiger partial charge in [-0.3, -0.25) is 4.79 Å². The van der Waals surface area contributed by atoms with E-state index in [1.54, 1.807) is 11.9 Å². The number of hydrogen-bond acceptors (Lipinski definition) is 3. The van der Waals surface area contributed by atoms with Crippen molar-refractivity contribution in [2.75, 3.05) is 20.2 Å². The molecule has 0 bridgehead atoms. The summed E-state index contributed by atoms with van der Waals surface area (Å²) in [7, 11) is 1.73. The number of carbonyl (C=O) groups excluding carboxylic acids is 2. The molecule has 0 radical (unpaired) electrons. The van der Waals surface area contributed by atoms with E-state index >= 15 is 0 Å². The Morgan fingerprint density at radius 1 is 1.27 bits per heavy atom. The van der Waals surface area contributed by atoms with E-state index in [1.165, 1.54) is 6.92 Å². The monoisotopic (exact) mass is 215 g/mol. The Morgan fingerprint density at radius 3 is 2.33 bits per heavy atom. The quantitative estimate of drug-likeness (QED) is 0.642. The average Bonchev–Trinajstić information content (AvgIpc) is 2.13. The molecule has 4 nitrogen and oxygen atoms in total. The van der Waals surface area contributed by atoms with Crippen molar-refractivity contribution in [1.82, 2.24) is 4.90 Å². The summed E-state index contributed by atoms with van der Waals surface area (Å²) in [5.41, 5.74) is 0. The molecule has 0 atom stereocenters. The lowest BCUT2D eigenvalue weighted by Gasteiger charge is -2.17. The molecule has 0 spiro atoms. The van der Waals surface area contributed by atoms with Crippen molar-refractivity contribution >= 4 is 11.7 Å². The molecule has 0 aliphatic rings. The van der Waals surface area contributed by atoms with Gasteiger partial charge in [-0.05, 0) is 20.8 Å². The van der Waals surface area contributed by atoms with Crippen molar-refractivity contribution in [2.45, 2.75) is 39.7 Å². The number of likely N-dealkylation sites (N-methyl/N-ethyl adjacent to an activating group) is 1. The van der Waals surface area contributed by atoms with Crippen LogP contribution in [0.5, 0.6) is 0 Å². The summed E-state index contributed by atoms with van der Waals surface area (Å²) in [5.74, 6) is 0.0488. The van der Waals surface area contributed by atoms with E-state index in [0.717, 1.165) is 0 Å². The SMILES string of the molecule is CC(=O)CCC(=O)N(C)CCOC(C)C. The zero-order valence-corrected chi connectivity index (χ0v) is 10.1. The molecule has 4 heteroatoms. The second-order valence-corrected chi connectivity index (χ2v) is 3.94. The van der Waals surface area contributed by atoms with Gasteiger partial charge in [0.05, 0.1) is 12.7 Å². The van der Waals surface area contributed by atoms with Gasteiger partial charge in [0, 0.05) is 26.4 Å². The summed E-state index contributed by atoms with van der Waals surface area (Å²) < 4.78 is 5.33. The smallest absolute Gasteiger partial charge is 0.222 e. The minimum Gasteiger partial charge on any atom is -0.377 e. The van der Waals surface area contributed by atoms with Crippen LogP contribution in [-0.4, -0.2) is 42.9 Å². The second kappa shape index (κ2) is 7.40. The van der Waals surface area contributed by atoms with Crippen LogP contribution in [0.2, 0.25) is 0 Å². The highest BCUT2D eigenvalue weighted by Gasteiger charge is 2.09. The van der Waals surface area contributed by atoms with Crippen molar-refractivity contribution in [3.8, 4) is 0 Å². The third-order valence-corrected chi connectivity index (χ3v) is 1.99. The molecule has 0 heterocycles. The van der Waals surface area contributed by atoms with E-state index in [0.29, 0.717) is 26.0 Å². The average molecular weight is 215 g/mol. The predicted octanol–water partition coefficient (Wildman–Crippen LogP) is 1.24. The molecular formula is C11H21NO3. The zero-order chi connectivity index (χ0) is 11.8. The highest BCUT2D eigenvalue weighted by atomic mass is 16.5. The van der Waals surface area contributed by atoms with E-state index in [9.17, 15) is 9.59 Å². The van der Waals surface area contributed by atoms with Gasteiger partial charge in [0.2, 0.25) is 5.91 Å². The van der Waals surface area contributed by atoms with Crippen molar-refractivity contribution in [3.05, 3.63) is 0 Å². The normalized spacial score (nSPS) is 10.5. The number of carbonyl (C=O) groups is 2. The number of ketones is 1. The van der Waals surface area contributed by atoms with Crippen LogP contribution in [-0.2, 0) is 14.3 Å². The number of Topliss-reactive ketones (excluding diaryl/α,β-unsaturated/α-hetero) is 1. The first kappa shape index (κ1) is 14.1. The Morgan fingerprint density at radius 2 is 1.87 bits per heavy atom. The Kier molecular flexibility index (Phi) is 6.96. The first-order valence-electron chi connectivity index (χ1n) is 5.28. The van der Waals surface area contributed by atoms with E-state index in [2.05, 4.69) is 0 Å². The number of amides is 1. The van der Waals surface area contributed by atoms with Crippen LogP contribution in [0.25, 0.3) is 0 Å². The molecule has 1 amide bonds. The maximum absolute atomic E-state index is 11.4. The number of hydrogen-bond donors (Lipinski definition) is 0. The number of rotatable bonds is 7. The minimum atomic E-state index is -0.00226. The van der Waals surface area contributed by atoms with Crippen molar-refractivity contribution in [2.24, 2.45) is 0 Å². The summed E-state index contributed by atoms with van der Waals surface area (Å²) in [5, 5.41) is 0. The van der Waals surface area contributed by atoms with E-state index in [4.69, 9.17) is 4.74 Å². The van der Waals surface area contributed by atoms with Crippen LogP contribution < -0.4 is 0 Å². The first-order chi connectivity index (χ1) is 6.93. The highest BCUT2D eigenvalue weighted by molar-refractivity contribution is 5.83. The summed E-state index contributed by atoms with van der Waals surface area (Å²) in [4.78, 5) is 23.7. The Balaban J connectivity index is 3.64. The molecule has 0 fully saturated rings. The van der Waals surface area contributed by atoms with E-state index < -0.39 is 0 Å². The van der Waals surface area contributed by atoms with Crippen LogP contribution in [0, 0.1) is 0 Å². The molecule has 0 saturated heterocycles. The molecule has 88 valence electrons. The zero-order valence-electron chi connectivity index (χ0n) is 10.1. The van der Waals surface area contributed by atoms with Gasteiger partial charge in [0.15, 0.2) is 0 Å². The van der Waals surface area contributed by atoms with Gasteiger partial charge in [-0.25, -0.2) is 0 Å². The molecule has 0 unspecified atom stereocenters. The highest BCUT2D eigenvalue weighted by Crippen LogP contribution is 1.97. The summed E-state index contributed by atoms with van der Waals surface area (Å²) in [6, 6.07) is 0. The van der Waals surface area contributed by atoms with E-state index in [1.807, 2.05) is 13.8 Å². The lowest BCUT2D eigenvalue weighted by Crippen LogP contribution is -2.30. The second-order valence-electron chi connectivity index (χ2n) is 3.94. The molecular weight excluding hydrogens is 194 g/mol. The predicted molar refractivity (Wildman–Crippen MR) is 58.6 cm³/mol. The van der Waals surface area contributed by atoms with E-state index in [-0.39, 0.29) is 17.8 Å². The van der Waals surface area contributed by atoms with Crippen LogP contribution in [0.3, 0.4) is 0 Å². The largest absolute Gasteiger partial charge is 0.377 e. The van der Waals surface area contributed by atoms with Crippen LogP contribution in [0.1, 0.15) is 33.6 Å². The fourth-order valence-electron chi connectivity index (χ4n) is 1.02. The first-order valence-corrected chi connectivity index (χ1v) is 5.28. The molecule has 0 aromatic rings. The van der Waals surface area contributed by atoms with Gasteiger partial charge in [-0.15, -0.1) is 0 Å². The van der Waals surface area contributed by atoms with Gasteiger partial charge in [-0.1, -0.05) is 0 Å². The lowest BCUT2D eigenvalue weighted by atomic mass is 10.2. The standard InChI is InChI=1S/C11H21NO3/c1-9(2)15-8-7-12(4)11(14)6-5-10(3)13/h9H,5-8H2,1-4H3. The van der Waals surface area contributed by atoms with Gasteiger partial charge >= 0.3 is 0 Å². The molecule has 0 rings (SSSR count). The molecule has 0 aromatic carbocycles. The summed E-state index contributed by atoms with van der Waals surface area (Å²) in [6.45, 7) is 6.53. The minimum absolute atomic E-state index is 0.00226. The van der Waals surface area contributed by atoms with Crippen LogP contribution in [0.4, 0.5) is 0 Å². The Hall–Kier alpha value is -0.900. The maximum atomic E-state index is 11.4. The van der Waals surface area contributed by atoms with Crippen molar-refractivity contribution in [3.63, 3.8) is 0 Å². The lowest BCUT2D eigenvalue weighted by molar-refractivity contribution is -0.132. The van der Waals surface area contributed by atoms with Crippen LogP contribution in [0.15, 0.2) is 0 Å². The topological polar surface area (TPSA) is 46.6 Å². The number of nitrogens with zero attached hydrogens (tertiary/aromatic N) is 1. The molecule has 0 aliphatic carbocycles. The summed E-state index contributed by atoms with van der Waals surface area (Å²) in [6.07, 6.45) is 0.813. The van der Waals surface area contributed by atoms with Gasteiger partial charge in [0.1, 0.15) is 5.78 Å². The maximum Gasteiger partial charge on any atom is 0.222 e. The Bertz CT molecular complexity index is 214. The van der Waals surface area contributed by atoms with Crippen LogP contribution >= 0.6 is 0 Å². The van der Waals surface area contributed by atoms with Gasteiger partial charge in [0.25, 0.3) is 0 Å². The molecule has 0 saturated carbocycles. The third kappa shape index (κ3) is 8.12. The Labute approximate surface area is 91.6 Å². The fraction of sp³-hybridized carbons (Fsp3) is 0.818.